The van der Waals surface area contributed by atoms with Crippen LogP contribution in [0.15, 0.2) is 18.2 Å². The van der Waals surface area contributed by atoms with E-state index in [2.05, 4.69) is 17.3 Å². The van der Waals surface area contributed by atoms with Crippen molar-refractivity contribution < 1.29 is 4.79 Å². The molecule has 1 aromatic carbocycles. The Morgan fingerprint density at radius 3 is 2.95 bits per heavy atom. The van der Waals surface area contributed by atoms with Crippen molar-refractivity contribution in [2.45, 2.75) is 19.4 Å². The van der Waals surface area contributed by atoms with Crippen LogP contribution in [0.25, 0.3) is 0 Å². The van der Waals surface area contributed by atoms with Crippen LogP contribution >= 0.6 is 23.2 Å². The van der Waals surface area contributed by atoms with E-state index in [1.807, 2.05) is 6.07 Å². The number of halogens is 2. The van der Waals surface area contributed by atoms with Gasteiger partial charge in [-0.25, -0.2) is 0 Å². The van der Waals surface area contributed by atoms with Gasteiger partial charge >= 0.3 is 0 Å². The van der Waals surface area contributed by atoms with Gasteiger partial charge in [-0.1, -0.05) is 29.3 Å². The van der Waals surface area contributed by atoms with E-state index in [4.69, 9.17) is 23.2 Å². The van der Waals surface area contributed by atoms with E-state index in [0.29, 0.717) is 16.6 Å². The highest BCUT2D eigenvalue weighted by molar-refractivity contribution is 6.35. The summed E-state index contributed by atoms with van der Waals surface area (Å²) in [4.78, 5) is 14.3. The van der Waals surface area contributed by atoms with Crippen molar-refractivity contribution in [1.82, 2.24) is 10.2 Å². The molecule has 1 aromatic rings. The molecule has 1 unspecified atom stereocenters. The minimum absolute atomic E-state index is 0.0878. The van der Waals surface area contributed by atoms with Gasteiger partial charge < -0.3 is 10.2 Å². The first-order valence-corrected chi connectivity index (χ1v) is 7.22. The lowest BCUT2D eigenvalue weighted by Crippen LogP contribution is -2.41. The topological polar surface area (TPSA) is 32.3 Å². The van der Waals surface area contributed by atoms with Crippen LogP contribution in [0.4, 0.5) is 0 Å². The number of amides is 1. The van der Waals surface area contributed by atoms with Crippen molar-refractivity contribution >= 4 is 29.1 Å². The zero-order chi connectivity index (χ0) is 13.8. The van der Waals surface area contributed by atoms with Crippen molar-refractivity contribution in [2.24, 2.45) is 5.92 Å². The molecule has 3 nitrogen and oxygen atoms in total. The zero-order valence-electron chi connectivity index (χ0n) is 11.0. The van der Waals surface area contributed by atoms with Gasteiger partial charge in [-0.15, -0.1) is 0 Å². The van der Waals surface area contributed by atoms with Crippen molar-refractivity contribution in [2.75, 3.05) is 20.1 Å². The summed E-state index contributed by atoms with van der Waals surface area (Å²) in [6.45, 7) is 2.36. The molecule has 5 heteroatoms. The zero-order valence-corrected chi connectivity index (χ0v) is 12.5. The lowest BCUT2D eigenvalue weighted by molar-refractivity contribution is -0.126. The highest BCUT2D eigenvalue weighted by Gasteiger charge is 2.23. The molecular formula is C14H18Cl2N2O. The molecular weight excluding hydrogens is 283 g/mol. The number of hydrogen-bond donors (Lipinski definition) is 1. The number of carbonyl (C=O) groups excluding carboxylic acids is 1. The van der Waals surface area contributed by atoms with Gasteiger partial charge in [0.2, 0.25) is 5.91 Å². The molecule has 19 heavy (non-hydrogen) atoms. The summed E-state index contributed by atoms with van der Waals surface area (Å²) in [6.07, 6.45) is 2.04. The molecule has 0 radical (unpaired) electrons. The van der Waals surface area contributed by atoms with E-state index in [9.17, 15) is 4.79 Å². The first-order valence-electron chi connectivity index (χ1n) is 6.46. The van der Waals surface area contributed by atoms with Crippen LogP contribution < -0.4 is 5.32 Å². The van der Waals surface area contributed by atoms with Crippen LogP contribution in [-0.2, 0) is 11.3 Å². The van der Waals surface area contributed by atoms with E-state index >= 15 is 0 Å². The standard InChI is InChI=1S/C14H18Cl2N2O/c1-18-6-2-3-11(9-18)14(19)17-8-10-4-5-12(15)7-13(10)16/h4-5,7,11H,2-3,6,8-9H2,1H3,(H,17,19). The van der Waals surface area contributed by atoms with Gasteiger partial charge in [-0.3, -0.25) is 4.79 Å². The van der Waals surface area contributed by atoms with Gasteiger partial charge in [-0.05, 0) is 44.1 Å². The van der Waals surface area contributed by atoms with E-state index in [1.165, 1.54) is 0 Å². The number of nitrogens with zero attached hydrogens (tertiary/aromatic N) is 1. The van der Waals surface area contributed by atoms with Gasteiger partial charge in [0.25, 0.3) is 0 Å². The molecule has 0 aliphatic carbocycles. The van der Waals surface area contributed by atoms with Crippen LogP contribution in [0.1, 0.15) is 18.4 Å². The molecule has 0 aromatic heterocycles. The van der Waals surface area contributed by atoms with Gasteiger partial charge in [0.1, 0.15) is 0 Å². The molecule has 2 rings (SSSR count). The minimum Gasteiger partial charge on any atom is -0.352 e. The summed E-state index contributed by atoms with van der Waals surface area (Å²) >= 11 is 11.9. The number of rotatable bonds is 3. The molecule has 1 aliphatic rings. The summed E-state index contributed by atoms with van der Waals surface area (Å²) < 4.78 is 0. The third-order valence-electron chi connectivity index (χ3n) is 3.46. The molecule has 0 saturated carbocycles. The van der Waals surface area contributed by atoms with Crippen LogP contribution in [0.3, 0.4) is 0 Å². The molecule has 1 atom stereocenters. The summed E-state index contributed by atoms with van der Waals surface area (Å²) in [5, 5.41) is 4.15. The summed E-state index contributed by atoms with van der Waals surface area (Å²) in [5.41, 5.74) is 0.892. The highest BCUT2D eigenvalue weighted by Crippen LogP contribution is 2.21. The SMILES string of the molecule is CN1CCCC(C(=O)NCc2ccc(Cl)cc2Cl)C1. The maximum absolute atomic E-state index is 12.1. The fourth-order valence-electron chi connectivity index (χ4n) is 2.37. The normalized spacial score (nSPS) is 20.3. The maximum Gasteiger partial charge on any atom is 0.224 e. The predicted molar refractivity (Wildman–Crippen MR) is 78.5 cm³/mol. The lowest BCUT2D eigenvalue weighted by atomic mass is 9.97. The second kappa shape index (κ2) is 6.60. The number of benzene rings is 1. The van der Waals surface area contributed by atoms with E-state index in [1.54, 1.807) is 12.1 Å². The molecule has 0 spiro atoms. The first kappa shape index (κ1) is 14.6. The fourth-order valence-corrected chi connectivity index (χ4v) is 2.85. The van der Waals surface area contributed by atoms with Crippen LogP contribution in [0.5, 0.6) is 0 Å². The van der Waals surface area contributed by atoms with Crippen molar-refractivity contribution in [3.8, 4) is 0 Å². The quantitative estimate of drug-likeness (QED) is 0.931. The van der Waals surface area contributed by atoms with Crippen LogP contribution in [-0.4, -0.2) is 30.9 Å². The maximum atomic E-state index is 12.1. The average molecular weight is 301 g/mol. The number of carbonyl (C=O) groups is 1. The molecule has 1 saturated heterocycles. The van der Waals surface area contributed by atoms with E-state index < -0.39 is 0 Å². The number of hydrogen-bond acceptors (Lipinski definition) is 2. The molecule has 104 valence electrons. The molecule has 1 aliphatic heterocycles. The minimum atomic E-state index is 0.0878. The van der Waals surface area contributed by atoms with Crippen LogP contribution in [0.2, 0.25) is 10.0 Å². The Bertz CT molecular complexity index is 465. The Morgan fingerprint density at radius 2 is 2.26 bits per heavy atom. The molecule has 1 fully saturated rings. The Hall–Kier alpha value is -0.770. The number of likely N-dealkylation sites (tertiary alicyclic amines) is 1. The van der Waals surface area contributed by atoms with Crippen LogP contribution in [0, 0.1) is 5.92 Å². The highest BCUT2D eigenvalue weighted by atomic mass is 35.5. The van der Waals surface area contributed by atoms with Gasteiger partial charge in [0.15, 0.2) is 0 Å². The van der Waals surface area contributed by atoms with Crippen molar-refractivity contribution in [3.05, 3.63) is 33.8 Å². The Morgan fingerprint density at radius 1 is 1.47 bits per heavy atom. The third-order valence-corrected chi connectivity index (χ3v) is 4.05. The Labute approximate surface area is 123 Å². The van der Waals surface area contributed by atoms with Crippen molar-refractivity contribution in [1.29, 1.82) is 0 Å². The summed E-state index contributed by atoms with van der Waals surface area (Å²) in [6, 6.07) is 5.32. The Kier molecular flexibility index (Phi) is 5.08. The second-order valence-corrected chi connectivity index (χ2v) is 5.90. The second-order valence-electron chi connectivity index (χ2n) is 5.05. The van der Waals surface area contributed by atoms with Gasteiger partial charge in [0, 0.05) is 23.1 Å². The molecule has 0 bridgehead atoms. The molecule has 1 amide bonds. The fraction of sp³-hybridized carbons (Fsp3) is 0.500. The lowest BCUT2D eigenvalue weighted by Gasteiger charge is -2.28. The van der Waals surface area contributed by atoms with Gasteiger partial charge in [-0.2, -0.15) is 0 Å². The van der Waals surface area contributed by atoms with Gasteiger partial charge in [0.05, 0.1) is 5.92 Å². The Balaban J connectivity index is 1.89. The molecule has 1 N–H and O–H groups in total. The summed E-state index contributed by atoms with van der Waals surface area (Å²) in [5.74, 6) is 0.197. The van der Waals surface area contributed by atoms with E-state index in [-0.39, 0.29) is 11.8 Å². The monoisotopic (exact) mass is 300 g/mol. The largest absolute Gasteiger partial charge is 0.352 e. The number of nitrogens with one attached hydrogen (secondary N) is 1. The van der Waals surface area contributed by atoms with E-state index in [0.717, 1.165) is 31.5 Å². The van der Waals surface area contributed by atoms with Crippen molar-refractivity contribution in [3.63, 3.8) is 0 Å². The third kappa shape index (κ3) is 4.10. The molecule has 1 heterocycles. The average Bonchev–Trinajstić information content (AvgIpc) is 2.37. The first-order chi connectivity index (χ1) is 9.06. The summed E-state index contributed by atoms with van der Waals surface area (Å²) in [7, 11) is 2.05. The number of piperidine rings is 1. The predicted octanol–water partition coefficient (Wildman–Crippen LogP) is 2.95. The smallest absolute Gasteiger partial charge is 0.224 e.